The molecule has 0 spiro atoms. The van der Waals surface area contributed by atoms with Crippen LogP contribution in [-0.2, 0) is 18.4 Å². The summed E-state index contributed by atoms with van der Waals surface area (Å²) in [5.74, 6) is -1.43. The first-order valence-electron chi connectivity index (χ1n) is 5.27. The van der Waals surface area contributed by atoms with Gasteiger partial charge >= 0.3 is 5.97 Å². The van der Waals surface area contributed by atoms with E-state index in [0.29, 0.717) is 5.69 Å². The molecule has 0 fully saturated rings. The van der Waals surface area contributed by atoms with E-state index in [9.17, 15) is 9.18 Å². The van der Waals surface area contributed by atoms with E-state index in [1.807, 2.05) is 0 Å². The number of hydrogen-bond donors (Lipinski definition) is 1. The van der Waals surface area contributed by atoms with Crippen molar-refractivity contribution in [2.24, 2.45) is 7.05 Å². The van der Waals surface area contributed by atoms with Gasteiger partial charge in [-0.15, -0.1) is 0 Å². The molecule has 0 atom stereocenters. The maximum Gasteiger partial charge on any atom is 0.341 e. The number of nitrogens with two attached hydrogens (primary N) is 1. The van der Waals surface area contributed by atoms with Crippen molar-refractivity contribution in [2.45, 2.75) is 6.61 Å². The van der Waals surface area contributed by atoms with Crippen LogP contribution in [0.2, 0.25) is 0 Å². The van der Waals surface area contributed by atoms with Gasteiger partial charge in [0, 0.05) is 18.9 Å². The second-order valence-electron chi connectivity index (χ2n) is 3.80. The van der Waals surface area contributed by atoms with Crippen molar-refractivity contribution in [3.05, 3.63) is 47.5 Å². The quantitative estimate of drug-likeness (QED) is 0.661. The van der Waals surface area contributed by atoms with Gasteiger partial charge in [0.1, 0.15) is 12.4 Å². The molecule has 2 rings (SSSR count). The van der Waals surface area contributed by atoms with Crippen molar-refractivity contribution in [1.29, 1.82) is 0 Å². The number of rotatable bonds is 3. The third-order valence-corrected chi connectivity index (χ3v) is 2.33. The molecule has 0 aliphatic heterocycles. The number of ether oxygens (including phenoxy) is 1. The lowest BCUT2D eigenvalue weighted by atomic mass is 10.2. The predicted octanol–water partition coefficient (Wildman–Crippen LogP) is 1.50. The number of carbonyl (C=O) groups is 1. The number of aryl methyl sites for hydroxylation is 1. The Morgan fingerprint density at radius 1 is 1.50 bits per heavy atom. The van der Waals surface area contributed by atoms with Crippen LogP contribution >= 0.6 is 0 Å². The lowest BCUT2D eigenvalue weighted by molar-refractivity contribution is 0.0462. The van der Waals surface area contributed by atoms with Gasteiger partial charge in [-0.3, -0.25) is 4.68 Å². The molecule has 0 bridgehead atoms. The molecule has 1 aromatic heterocycles. The highest BCUT2D eigenvalue weighted by Crippen LogP contribution is 2.13. The summed E-state index contributed by atoms with van der Waals surface area (Å²) < 4.78 is 20.0. The van der Waals surface area contributed by atoms with Crippen LogP contribution in [0.1, 0.15) is 16.1 Å². The minimum absolute atomic E-state index is 0.00346. The van der Waals surface area contributed by atoms with Crippen molar-refractivity contribution >= 4 is 11.7 Å². The fourth-order valence-corrected chi connectivity index (χ4v) is 1.45. The standard InChI is InChI=1S/C12H12FN3O2/c1-16-5-4-9(15-16)7-18-12(17)10-3-2-8(14)6-11(10)13/h2-6H,7,14H2,1H3. The van der Waals surface area contributed by atoms with Crippen LogP contribution in [-0.4, -0.2) is 15.7 Å². The minimum atomic E-state index is -0.738. The molecule has 2 aromatic rings. The van der Waals surface area contributed by atoms with Crippen LogP contribution in [0.5, 0.6) is 0 Å². The van der Waals surface area contributed by atoms with Gasteiger partial charge in [0.15, 0.2) is 0 Å². The zero-order valence-corrected chi connectivity index (χ0v) is 9.76. The fraction of sp³-hybridized carbons (Fsp3) is 0.167. The monoisotopic (exact) mass is 249 g/mol. The second-order valence-corrected chi connectivity index (χ2v) is 3.80. The van der Waals surface area contributed by atoms with E-state index < -0.39 is 11.8 Å². The van der Waals surface area contributed by atoms with E-state index in [0.717, 1.165) is 6.07 Å². The Bertz CT molecular complexity index is 580. The highest BCUT2D eigenvalue weighted by Gasteiger charge is 2.13. The number of aromatic nitrogens is 2. The van der Waals surface area contributed by atoms with Crippen molar-refractivity contribution in [3.63, 3.8) is 0 Å². The number of hydrogen-bond acceptors (Lipinski definition) is 4. The average Bonchev–Trinajstić information content (AvgIpc) is 2.72. The topological polar surface area (TPSA) is 70.1 Å². The second kappa shape index (κ2) is 4.87. The molecule has 0 saturated carbocycles. The molecule has 2 N–H and O–H groups in total. The summed E-state index contributed by atoms with van der Waals surface area (Å²) in [6.07, 6.45) is 1.73. The Morgan fingerprint density at radius 2 is 2.28 bits per heavy atom. The summed E-state index contributed by atoms with van der Waals surface area (Å²) in [6.45, 7) is 0.00346. The third kappa shape index (κ3) is 2.65. The van der Waals surface area contributed by atoms with Crippen molar-refractivity contribution < 1.29 is 13.9 Å². The van der Waals surface area contributed by atoms with Gasteiger partial charge in [-0.1, -0.05) is 0 Å². The van der Waals surface area contributed by atoms with Gasteiger partial charge in [0.05, 0.1) is 11.3 Å². The summed E-state index contributed by atoms with van der Waals surface area (Å²) in [5.41, 5.74) is 6.11. The normalized spacial score (nSPS) is 10.3. The zero-order valence-electron chi connectivity index (χ0n) is 9.76. The van der Waals surface area contributed by atoms with Crippen molar-refractivity contribution in [2.75, 3.05) is 5.73 Å². The highest BCUT2D eigenvalue weighted by molar-refractivity contribution is 5.90. The summed E-state index contributed by atoms with van der Waals surface area (Å²) >= 11 is 0. The predicted molar refractivity (Wildman–Crippen MR) is 63.1 cm³/mol. The molecule has 0 saturated heterocycles. The van der Waals surface area contributed by atoms with Crippen molar-refractivity contribution in [1.82, 2.24) is 9.78 Å². The summed E-state index contributed by atoms with van der Waals surface area (Å²) in [6, 6.07) is 5.54. The molecule has 6 heteroatoms. The summed E-state index contributed by atoms with van der Waals surface area (Å²) in [4.78, 5) is 11.6. The summed E-state index contributed by atoms with van der Waals surface area (Å²) in [5, 5.41) is 4.04. The number of benzene rings is 1. The Morgan fingerprint density at radius 3 is 2.89 bits per heavy atom. The zero-order chi connectivity index (χ0) is 13.1. The first-order valence-corrected chi connectivity index (χ1v) is 5.27. The van der Waals surface area contributed by atoms with Crippen LogP contribution in [0.15, 0.2) is 30.5 Å². The van der Waals surface area contributed by atoms with Gasteiger partial charge < -0.3 is 10.5 Å². The van der Waals surface area contributed by atoms with Gasteiger partial charge in [-0.25, -0.2) is 9.18 Å². The highest BCUT2D eigenvalue weighted by atomic mass is 19.1. The van der Waals surface area contributed by atoms with Crippen LogP contribution in [0.3, 0.4) is 0 Å². The molecule has 0 radical (unpaired) electrons. The number of carbonyl (C=O) groups excluding carboxylic acids is 1. The Hall–Kier alpha value is -2.37. The lowest BCUT2D eigenvalue weighted by Crippen LogP contribution is -2.08. The SMILES string of the molecule is Cn1ccc(COC(=O)c2ccc(N)cc2F)n1. The Kier molecular flexibility index (Phi) is 3.27. The van der Waals surface area contributed by atoms with E-state index in [2.05, 4.69) is 5.10 Å². The van der Waals surface area contributed by atoms with Crippen LogP contribution < -0.4 is 5.73 Å². The van der Waals surface area contributed by atoms with Crippen molar-refractivity contribution in [3.8, 4) is 0 Å². The minimum Gasteiger partial charge on any atom is -0.455 e. The molecule has 94 valence electrons. The van der Waals surface area contributed by atoms with Crippen LogP contribution in [0.25, 0.3) is 0 Å². The van der Waals surface area contributed by atoms with Gasteiger partial charge in [0.2, 0.25) is 0 Å². The maximum absolute atomic E-state index is 13.4. The summed E-state index contributed by atoms with van der Waals surface area (Å²) in [7, 11) is 1.75. The first-order chi connectivity index (χ1) is 8.56. The number of nitrogens with zero attached hydrogens (tertiary/aromatic N) is 2. The number of esters is 1. The molecule has 1 aromatic carbocycles. The van der Waals surface area contributed by atoms with E-state index in [1.54, 1.807) is 24.0 Å². The van der Waals surface area contributed by atoms with Crippen LogP contribution in [0, 0.1) is 5.82 Å². The molecular formula is C12H12FN3O2. The molecule has 18 heavy (non-hydrogen) atoms. The lowest BCUT2D eigenvalue weighted by Gasteiger charge is -2.04. The number of halogens is 1. The molecule has 0 unspecified atom stereocenters. The largest absolute Gasteiger partial charge is 0.455 e. The van der Waals surface area contributed by atoms with Crippen LogP contribution in [0.4, 0.5) is 10.1 Å². The van der Waals surface area contributed by atoms with Gasteiger partial charge in [-0.05, 0) is 24.3 Å². The third-order valence-electron chi connectivity index (χ3n) is 2.33. The Balaban J connectivity index is 2.03. The molecule has 5 nitrogen and oxygen atoms in total. The van der Waals surface area contributed by atoms with E-state index in [4.69, 9.17) is 10.5 Å². The first kappa shape index (κ1) is 12.1. The molecular weight excluding hydrogens is 237 g/mol. The van der Waals surface area contributed by atoms with E-state index in [1.165, 1.54) is 12.1 Å². The smallest absolute Gasteiger partial charge is 0.341 e. The van der Waals surface area contributed by atoms with Gasteiger partial charge in [0.25, 0.3) is 0 Å². The molecule has 1 heterocycles. The average molecular weight is 249 g/mol. The molecule has 0 aliphatic carbocycles. The fourth-order valence-electron chi connectivity index (χ4n) is 1.45. The number of anilines is 1. The van der Waals surface area contributed by atoms with E-state index in [-0.39, 0.29) is 17.9 Å². The Labute approximate surface area is 103 Å². The molecule has 0 amide bonds. The maximum atomic E-state index is 13.4. The molecule has 0 aliphatic rings. The number of nitrogen functional groups attached to an aromatic ring is 1. The van der Waals surface area contributed by atoms with E-state index >= 15 is 0 Å². The van der Waals surface area contributed by atoms with Gasteiger partial charge in [-0.2, -0.15) is 5.10 Å².